The predicted molar refractivity (Wildman–Crippen MR) is 72.5 cm³/mol. The fourth-order valence-corrected chi connectivity index (χ4v) is 2.39. The standard InChI is InChI=1S/C14H19ClF3NO/c1-3-5-6-9(4-2)12(20)10-7-8-11(14(16,17)18)19-13(10)15/h7-9,12,20H,3-6H2,1-2H3. The number of nitrogens with zero attached hydrogens (tertiary/aromatic N) is 1. The molecule has 0 aromatic carbocycles. The molecule has 1 aromatic heterocycles. The Labute approximate surface area is 122 Å². The Bertz CT molecular complexity index is 437. The fraction of sp³-hybridized carbons (Fsp3) is 0.643. The topological polar surface area (TPSA) is 33.1 Å². The number of aliphatic hydroxyl groups is 1. The summed E-state index contributed by atoms with van der Waals surface area (Å²) in [6.07, 6.45) is -1.90. The lowest BCUT2D eigenvalue weighted by molar-refractivity contribution is -0.141. The van der Waals surface area contributed by atoms with Gasteiger partial charge < -0.3 is 5.11 Å². The van der Waals surface area contributed by atoms with Crippen LogP contribution in [0.5, 0.6) is 0 Å². The molecule has 1 heterocycles. The van der Waals surface area contributed by atoms with Gasteiger partial charge in [0, 0.05) is 5.56 Å². The highest BCUT2D eigenvalue weighted by atomic mass is 35.5. The van der Waals surface area contributed by atoms with Crippen LogP contribution in [0.15, 0.2) is 12.1 Å². The summed E-state index contributed by atoms with van der Waals surface area (Å²) in [6, 6.07) is 2.08. The van der Waals surface area contributed by atoms with Gasteiger partial charge in [-0.1, -0.05) is 50.8 Å². The van der Waals surface area contributed by atoms with Crippen LogP contribution in [0.4, 0.5) is 13.2 Å². The lowest BCUT2D eigenvalue weighted by atomic mass is 9.89. The average Bonchev–Trinajstić information content (AvgIpc) is 2.38. The highest BCUT2D eigenvalue weighted by Crippen LogP contribution is 2.35. The Kier molecular flexibility index (Phi) is 6.27. The Morgan fingerprint density at radius 2 is 1.95 bits per heavy atom. The van der Waals surface area contributed by atoms with Crippen LogP contribution in [0.2, 0.25) is 5.15 Å². The van der Waals surface area contributed by atoms with Crippen molar-refractivity contribution in [2.24, 2.45) is 5.92 Å². The van der Waals surface area contributed by atoms with Crippen LogP contribution in [-0.2, 0) is 6.18 Å². The molecular formula is C14H19ClF3NO. The van der Waals surface area contributed by atoms with Crippen LogP contribution in [-0.4, -0.2) is 10.1 Å². The van der Waals surface area contributed by atoms with Crippen molar-refractivity contribution in [2.45, 2.75) is 51.8 Å². The summed E-state index contributed by atoms with van der Waals surface area (Å²) in [7, 11) is 0. The molecular weight excluding hydrogens is 291 g/mol. The number of pyridine rings is 1. The first kappa shape index (κ1) is 17.2. The number of aliphatic hydroxyl groups excluding tert-OH is 1. The Hall–Kier alpha value is -0.810. The second kappa shape index (κ2) is 7.27. The minimum atomic E-state index is -4.53. The normalized spacial score (nSPS) is 15.2. The summed E-state index contributed by atoms with van der Waals surface area (Å²) < 4.78 is 37.5. The van der Waals surface area contributed by atoms with E-state index in [2.05, 4.69) is 4.98 Å². The van der Waals surface area contributed by atoms with Crippen LogP contribution in [0.25, 0.3) is 0 Å². The third kappa shape index (κ3) is 4.35. The molecule has 0 radical (unpaired) electrons. The quantitative estimate of drug-likeness (QED) is 0.750. The minimum absolute atomic E-state index is 0.0222. The molecule has 0 bridgehead atoms. The van der Waals surface area contributed by atoms with E-state index in [-0.39, 0.29) is 16.6 Å². The lowest BCUT2D eigenvalue weighted by Crippen LogP contribution is -2.15. The van der Waals surface area contributed by atoms with E-state index in [4.69, 9.17) is 11.6 Å². The van der Waals surface area contributed by atoms with Crippen molar-refractivity contribution in [3.8, 4) is 0 Å². The minimum Gasteiger partial charge on any atom is -0.388 e. The van der Waals surface area contributed by atoms with Gasteiger partial charge in [0.05, 0.1) is 6.10 Å². The van der Waals surface area contributed by atoms with Crippen LogP contribution < -0.4 is 0 Å². The third-order valence-corrected chi connectivity index (χ3v) is 3.69. The fourth-order valence-electron chi connectivity index (χ4n) is 2.13. The maximum Gasteiger partial charge on any atom is 0.433 e. The van der Waals surface area contributed by atoms with E-state index in [1.54, 1.807) is 0 Å². The van der Waals surface area contributed by atoms with Gasteiger partial charge in [-0.05, 0) is 18.4 Å². The molecule has 114 valence electrons. The van der Waals surface area contributed by atoms with Gasteiger partial charge >= 0.3 is 6.18 Å². The number of halogens is 4. The zero-order valence-corrected chi connectivity index (χ0v) is 12.3. The van der Waals surface area contributed by atoms with Crippen LogP contribution >= 0.6 is 11.6 Å². The smallest absolute Gasteiger partial charge is 0.388 e. The molecule has 20 heavy (non-hydrogen) atoms. The number of hydrogen-bond acceptors (Lipinski definition) is 2. The first-order valence-electron chi connectivity index (χ1n) is 6.72. The van der Waals surface area contributed by atoms with Crippen molar-refractivity contribution in [2.75, 3.05) is 0 Å². The van der Waals surface area contributed by atoms with E-state index in [9.17, 15) is 18.3 Å². The van der Waals surface area contributed by atoms with E-state index >= 15 is 0 Å². The van der Waals surface area contributed by atoms with Gasteiger partial charge in [0.15, 0.2) is 0 Å². The second-order valence-electron chi connectivity index (χ2n) is 4.83. The van der Waals surface area contributed by atoms with Crippen molar-refractivity contribution in [3.63, 3.8) is 0 Å². The monoisotopic (exact) mass is 309 g/mol. The molecule has 2 atom stereocenters. The van der Waals surface area contributed by atoms with Crippen LogP contribution in [0.3, 0.4) is 0 Å². The van der Waals surface area contributed by atoms with E-state index in [0.29, 0.717) is 0 Å². The molecule has 0 aliphatic heterocycles. The zero-order chi connectivity index (χ0) is 15.3. The van der Waals surface area contributed by atoms with Gasteiger partial charge in [-0.15, -0.1) is 0 Å². The van der Waals surface area contributed by atoms with Gasteiger partial charge in [-0.3, -0.25) is 0 Å². The van der Waals surface area contributed by atoms with Gasteiger partial charge in [0.1, 0.15) is 10.8 Å². The van der Waals surface area contributed by atoms with Crippen LogP contribution in [0, 0.1) is 5.92 Å². The molecule has 0 aliphatic rings. The Balaban J connectivity index is 2.95. The zero-order valence-electron chi connectivity index (χ0n) is 11.5. The molecule has 6 heteroatoms. The molecule has 1 N–H and O–H groups in total. The SMILES string of the molecule is CCCCC(CC)C(O)c1ccc(C(F)(F)F)nc1Cl. The molecule has 0 saturated carbocycles. The molecule has 0 spiro atoms. The van der Waals surface area contributed by atoms with Crippen molar-refractivity contribution >= 4 is 11.6 Å². The van der Waals surface area contributed by atoms with Gasteiger partial charge in [-0.25, -0.2) is 4.98 Å². The molecule has 0 amide bonds. The molecule has 2 nitrogen and oxygen atoms in total. The van der Waals surface area contributed by atoms with Gasteiger partial charge in [0.2, 0.25) is 0 Å². The van der Waals surface area contributed by atoms with E-state index in [1.807, 2.05) is 13.8 Å². The summed E-state index contributed by atoms with van der Waals surface area (Å²) in [6.45, 7) is 3.99. The first-order chi connectivity index (χ1) is 9.31. The second-order valence-corrected chi connectivity index (χ2v) is 5.19. The first-order valence-corrected chi connectivity index (χ1v) is 7.10. The molecule has 1 aromatic rings. The molecule has 0 aliphatic carbocycles. The van der Waals surface area contributed by atoms with Crippen molar-refractivity contribution in [1.29, 1.82) is 0 Å². The highest BCUT2D eigenvalue weighted by Gasteiger charge is 2.33. The number of unbranched alkanes of at least 4 members (excludes halogenated alkanes) is 1. The average molecular weight is 310 g/mol. The summed E-state index contributed by atoms with van der Waals surface area (Å²) >= 11 is 5.79. The summed E-state index contributed by atoms with van der Waals surface area (Å²) in [5, 5.41) is 10.0. The predicted octanol–water partition coefficient (Wildman–Crippen LogP) is 5.00. The third-order valence-electron chi connectivity index (χ3n) is 3.39. The van der Waals surface area contributed by atoms with Crippen LogP contribution in [0.1, 0.15) is 56.9 Å². The van der Waals surface area contributed by atoms with Crippen molar-refractivity contribution < 1.29 is 18.3 Å². The van der Waals surface area contributed by atoms with Gasteiger partial charge in [0.25, 0.3) is 0 Å². The summed E-state index contributed by atoms with van der Waals surface area (Å²) in [5.74, 6) is -0.0222. The molecule has 0 saturated heterocycles. The Morgan fingerprint density at radius 3 is 2.40 bits per heavy atom. The maximum atomic E-state index is 12.5. The van der Waals surface area contributed by atoms with E-state index in [0.717, 1.165) is 31.7 Å². The van der Waals surface area contributed by atoms with Gasteiger partial charge in [-0.2, -0.15) is 13.2 Å². The van der Waals surface area contributed by atoms with Crippen molar-refractivity contribution in [3.05, 3.63) is 28.5 Å². The molecule has 0 fully saturated rings. The summed E-state index contributed by atoms with van der Waals surface area (Å²) in [5.41, 5.74) is -0.775. The number of hydrogen-bond donors (Lipinski definition) is 1. The number of aromatic nitrogens is 1. The Morgan fingerprint density at radius 1 is 1.30 bits per heavy atom. The molecule has 2 unspecified atom stereocenters. The maximum absolute atomic E-state index is 12.5. The number of alkyl halides is 3. The van der Waals surface area contributed by atoms with Crippen molar-refractivity contribution in [1.82, 2.24) is 4.98 Å². The number of rotatable bonds is 6. The highest BCUT2D eigenvalue weighted by molar-refractivity contribution is 6.30. The summed E-state index contributed by atoms with van der Waals surface area (Å²) in [4.78, 5) is 3.34. The molecule has 1 rings (SSSR count). The lowest BCUT2D eigenvalue weighted by Gasteiger charge is -2.22. The van der Waals surface area contributed by atoms with E-state index in [1.165, 1.54) is 6.07 Å². The van der Waals surface area contributed by atoms with E-state index < -0.39 is 18.0 Å². The largest absolute Gasteiger partial charge is 0.433 e.